The van der Waals surface area contributed by atoms with Crippen molar-refractivity contribution in [3.05, 3.63) is 22.7 Å². The normalized spacial score (nSPS) is 12.6. The van der Waals surface area contributed by atoms with Crippen LogP contribution in [0.15, 0.2) is 12.1 Å². The van der Waals surface area contributed by atoms with Crippen LogP contribution in [0, 0.1) is 6.92 Å². The number of aliphatic hydroxyl groups excluding tert-OH is 1. The molecule has 3 nitrogen and oxygen atoms in total. The highest BCUT2D eigenvalue weighted by Gasteiger charge is 2.03. The monoisotopic (exact) mass is 214 g/mol. The van der Waals surface area contributed by atoms with Crippen LogP contribution in [-0.2, 0) is 0 Å². The molecule has 1 aromatic carbocycles. The molecular formula is C10H15ClN2O. The fraction of sp³-hybridized carbons (Fsp3) is 0.400. The molecule has 78 valence electrons. The van der Waals surface area contributed by atoms with Gasteiger partial charge in [-0.1, -0.05) is 11.6 Å². The molecule has 0 amide bonds. The van der Waals surface area contributed by atoms with E-state index in [2.05, 4.69) is 5.32 Å². The lowest BCUT2D eigenvalue weighted by molar-refractivity contribution is 0.208. The summed E-state index contributed by atoms with van der Waals surface area (Å²) < 4.78 is 0. The Morgan fingerprint density at radius 3 is 2.79 bits per heavy atom. The van der Waals surface area contributed by atoms with Crippen molar-refractivity contribution < 1.29 is 5.11 Å². The lowest BCUT2D eigenvalue weighted by atomic mass is 10.1. The van der Waals surface area contributed by atoms with Crippen molar-refractivity contribution in [1.82, 2.24) is 0 Å². The minimum atomic E-state index is -0.384. The second-order valence-corrected chi connectivity index (χ2v) is 3.83. The molecule has 4 N–H and O–H groups in total. The van der Waals surface area contributed by atoms with Gasteiger partial charge in [0, 0.05) is 12.2 Å². The predicted molar refractivity (Wildman–Crippen MR) is 60.8 cm³/mol. The number of nitrogens with one attached hydrogen (secondary N) is 1. The molecule has 0 heterocycles. The van der Waals surface area contributed by atoms with Crippen molar-refractivity contribution >= 4 is 23.0 Å². The second-order valence-electron chi connectivity index (χ2n) is 3.42. The molecule has 1 atom stereocenters. The number of aryl methyl sites for hydroxylation is 1. The van der Waals surface area contributed by atoms with E-state index in [1.54, 1.807) is 13.0 Å². The van der Waals surface area contributed by atoms with Crippen LogP contribution in [0.1, 0.15) is 12.5 Å². The SMILES string of the molecule is Cc1cc(N)c(Cl)cc1NCC(C)O. The zero-order chi connectivity index (χ0) is 10.7. The van der Waals surface area contributed by atoms with Crippen LogP contribution < -0.4 is 11.1 Å². The minimum absolute atomic E-state index is 0.384. The fourth-order valence-electron chi connectivity index (χ4n) is 1.15. The van der Waals surface area contributed by atoms with Crippen molar-refractivity contribution in [2.45, 2.75) is 20.0 Å². The third kappa shape index (κ3) is 2.79. The molecule has 0 aliphatic heterocycles. The molecule has 0 saturated heterocycles. The Labute approximate surface area is 88.9 Å². The molecule has 1 rings (SSSR count). The Morgan fingerprint density at radius 2 is 2.21 bits per heavy atom. The summed E-state index contributed by atoms with van der Waals surface area (Å²) >= 11 is 5.87. The van der Waals surface area contributed by atoms with Gasteiger partial charge in [-0.15, -0.1) is 0 Å². The minimum Gasteiger partial charge on any atom is -0.398 e. The number of nitrogens with two attached hydrogens (primary N) is 1. The highest BCUT2D eigenvalue weighted by Crippen LogP contribution is 2.26. The molecule has 0 fully saturated rings. The van der Waals surface area contributed by atoms with Crippen LogP contribution in [0.3, 0.4) is 0 Å². The average Bonchev–Trinajstić information content (AvgIpc) is 2.09. The largest absolute Gasteiger partial charge is 0.398 e. The summed E-state index contributed by atoms with van der Waals surface area (Å²) in [6.07, 6.45) is -0.384. The van der Waals surface area contributed by atoms with E-state index in [-0.39, 0.29) is 6.10 Å². The van der Waals surface area contributed by atoms with Gasteiger partial charge in [-0.25, -0.2) is 0 Å². The maximum absolute atomic E-state index is 9.11. The predicted octanol–water partition coefficient (Wildman–Crippen LogP) is 2.02. The maximum atomic E-state index is 9.11. The van der Waals surface area contributed by atoms with Crippen LogP contribution >= 0.6 is 11.6 Å². The zero-order valence-electron chi connectivity index (χ0n) is 8.34. The number of halogens is 1. The average molecular weight is 215 g/mol. The van der Waals surface area contributed by atoms with Crippen molar-refractivity contribution in [2.24, 2.45) is 0 Å². The van der Waals surface area contributed by atoms with E-state index in [0.29, 0.717) is 17.3 Å². The van der Waals surface area contributed by atoms with Gasteiger partial charge in [0.15, 0.2) is 0 Å². The molecule has 0 spiro atoms. The Bertz CT molecular complexity index is 326. The van der Waals surface area contributed by atoms with E-state index in [1.807, 2.05) is 13.0 Å². The van der Waals surface area contributed by atoms with Gasteiger partial charge >= 0.3 is 0 Å². The topological polar surface area (TPSA) is 58.3 Å². The molecule has 4 heteroatoms. The number of hydrogen-bond donors (Lipinski definition) is 3. The molecule has 0 saturated carbocycles. The van der Waals surface area contributed by atoms with Crippen LogP contribution in [-0.4, -0.2) is 17.8 Å². The third-order valence-corrected chi connectivity index (χ3v) is 2.26. The molecule has 0 aromatic heterocycles. The van der Waals surface area contributed by atoms with Gasteiger partial charge in [0.25, 0.3) is 0 Å². The Hall–Kier alpha value is -0.930. The highest BCUT2D eigenvalue weighted by molar-refractivity contribution is 6.33. The van der Waals surface area contributed by atoms with Gasteiger partial charge in [-0.3, -0.25) is 0 Å². The van der Waals surface area contributed by atoms with Gasteiger partial charge in [0.1, 0.15) is 0 Å². The lowest BCUT2D eigenvalue weighted by Crippen LogP contribution is -2.15. The number of benzene rings is 1. The van der Waals surface area contributed by atoms with Crippen molar-refractivity contribution in [3.8, 4) is 0 Å². The summed E-state index contributed by atoms with van der Waals surface area (Å²) in [5.41, 5.74) is 8.14. The number of anilines is 2. The van der Waals surface area contributed by atoms with E-state index in [4.69, 9.17) is 22.4 Å². The van der Waals surface area contributed by atoms with Gasteiger partial charge in [-0.2, -0.15) is 0 Å². The summed E-state index contributed by atoms with van der Waals surface area (Å²) in [4.78, 5) is 0. The molecule has 0 bridgehead atoms. The van der Waals surface area contributed by atoms with Crippen LogP contribution in [0.25, 0.3) is 0 Å². The summed E-state index contributed by atoms with van der Waals surface area (Å²) in [7, 11) is 0. The van der Waals surface area contributed by atoms with E-state index < -0.39 is 0 Å². The molecular weight excluding hydrogens is 200 g/mol. The lowest BCUT2D eigenvalue weighted by Gasteiger charge is -2.12. The number of rotatable bonds is 3. The molecule has 14 heavy (non-hydrogen) atoms. The Kier molecular flexibility index (Phi) is 3.61. The fourth-order valence-corrected chi connectivity index (χ4v) is 1.32. The van der Waals surface area contributed by atoms with E-state index in [1.165, 1.54) is 0 Å². The molecule has 1 aromatic rings. The quantitative estimate of drug-likeness (QED) is 0.675. The summed E-state index contributed by atoms with van der Waals surface area (Å²) in [5.74, 6) is 0. The van der Waals surface area contributed by atoms with Crippen LogP contribution in [0.5, 0.6) is 0 Å². The number of nitrogen functional groups attached to an aromatic ring is 1. The maximum Gasteiger partial charge on any atom is 0.0684 e. The Balaban J connectivity index is 2.82. The number of hydrogen-bond acceptors (Lipinski definition) is 3. The molecule has 0 aliphatic carbocycles. The summed E-state index contributed by atoms with van der Waals surface area (Å²) in [6.45, 7) is 4.17. The van der Waals surface area contributed by atoms with Gasteiger partial charge in [-0.05, 0) is 31.5 Å². The van der Waals surface area contributed by atoms with Crippen LogP contribution in [0.4, 0.5) is 11.4 Å². The van der Waals surface area contributed by atoms with E-state index in [9.17, 15) is 0 Å². The van der Waals surface area contributed by atoms with Crippen molar-refractivity contribution in [3.63, 3.8) is 0 Å². The van der Waals surface area contributed by atoms with Crippen LogP contribution in [0.2, 0.25) is 5.02 Å². The summed E-state index contributed by atoms with van der Waals surface area (Å²) in [6, 6.07) is 3.58. The first kappa shape index (κ1) is 11.1. The summed E-state index contributed by atoms with van der Waals surface area (Å²) in [5, 5.41) is 12.7. The third-order valence-electron chi connectivity index (χ3n) is 1.93. The van der Waals surface area contributed by atoms with Gasteiger partial charge < -0.3 is 16.2 Å². The first-order chi connectivity index (χ1) is 6.50. The smallest absolute Gasteiger partial charge is 0.0684 e. The van der Waals surface area contributed by atoms with E-state index >= 15 is 0 Å². The Morgan fingerprint density at radius 1 is 1.57 bits per heavy atom. The molecule has 0 aliphatic rings. The highest BCUT2D eigenvalue weighted by atomic mass is 35.5. The first-order valence-electron chi connectivity index (χ1n) is 4.48. The molecule has 0 radical (unpaired) electrons. The van der Waals surface area contributed by atoms with Crippen molar-refractivity contribution in [1.29, 1.82) is 0 Å². The molecule has 1 unspecified atom stereocenters. The zero-order valence-corrected chi connectivity index (χ0v) is 9.10. The first-order valence-corrected chi connectivity index (χ1v) is 4.86. The second kappa shape index (κ2) is 4.53. The van der Waals surface area contributed by atoms with E-state index in [0.717, 1.165) is 11.3 Å². The number of aliphatic hydroxyl groups is 1. The van der Waals surface area contributed by atoms with Gasteiger partial charge in [0.05, 0.1) is 16.8 Å². The van der Waals surface area contributed by atoms with Gasteiger partial charge in [0.2, 0.25) is 0 Å². The standard InChI is InChI=1S/C10H15ClN2O/c1-6-3-9(12)8(11)4-10(6)13-5-7(2)14/h3-4,7,13-14H,5,12H2,1-2H3. The van der Waals surface area contributed by atoms with Crippen molar-refractivity contribution in [2.75, 3.05) is 17.6 Å².